The number of rotatable bonds is 8. The molecule has 0 saturated carbocycles. The molecule has 4 rings (SSSR count). The minimum atomic E-state index is -3.98. The summed E-state index contributed by atoms with van der Waals surface area (Å²) in [5.74, 6) is -0.537. The molecule has 0 spiro atoms. The maximum Gasteiger partial charge on any atom is 0.273 e. The van der Waals surface area contributed by atoms with Crippen LogP contribution in [0.3, 0.4) is 0 Å². The lowest BCUT2D eigenvalue weighted by Crippen LogP contribution is -2.33. The van der Waals surface area contributed by atoms with E-state index in [2.05, 4.69) is 15.5 Å². The fraction of sp³-hybridized carbons (Fsp3) is 0.0741. The second-order valence-electron chi connectivity index (χ2n) is 7.78. The van der Waals surface area contributed by atoms with Gasteiger partial charge in [-0.05, 0) is 48.9 Å². The monoisotopic (exact) mass is 484 g/mol. The first-order valence-electron chi connectivity index (χ1n) is 10.9. The Bertz CT molecular complexity index is 1420. The molecule has 3 aromatic carbocycles. The minimum absolute atomic E-state index is 0.0541. The van der Waals surface area contributed by atoms with Crippen LogP contribution in [0.15, 0.2) is 113 Å². The van der Waals surface area contributed by atoms with Gasteiger partial charge < -0.3 is 0 Å². The fourth-order valence-corrected chi connectivity index (χ4v) is 4.91. The summed E-state index contributed by atoms with van der Waals surface area (Å²) in [5, 5.41) is 3.98. The van der Waals surface area contributed by atoms with Crippen LogP contribution in [0, 0.1) is 6.92 Å². The highest BCUT2D eigenvalue weighted by Gasteiger charge is 2.28. The van der Waals surface area contributed by atoms with Crippen LogP contribution in [-0.4, -0.2) is 25.5 Å². The zero-order chi connectivity index (χ0) is 24.7. The molecule has 0 radical (unpaired) electrons. The minimum Gasteiger partial charge on any atom is -0.267 e. The summed E-state index contributed by atoms with van der Waals surface area (Å²) < 4.78 is 28.8. The van der Waals surface area contributed by atoms with Crippen LogP contribution in [0.1, 0.15) is 27.2 Å². The maximum atomic E-state index is 13.8. The van der Waals surface area contributed by atoms with E-state index < -0.39 is 15.9 Å². The molecule has 1 amide bonds. The van der Waals surface area contributed by atoms with Gasteiger partial charge in [-0.25, -0.2) is 13.8 Å². The molecule has 0 aliphatic carbocycles. The van der Waals surface area contributed by atoms with Crippen molar-refractivity contribution in [2.75, 3.05) is 4.31 Å². The molecule has 1 aromatic heterocycles. The van der Waals surface area contributed by atoms with Crippen LogP contribution >= 0.6 is 0 Å². The van der Waals surface area contributed by atoms with Crippen LogP contribution in [0.5, 0.6) is 0 Å². The molecule has 8 heteroatoms. The van der Waals surface area contributed by atoms with E-state index in [9.17, 15) is 13.2 Å². The van der Waals surface area contributed by atoms with Crippen molar-refractivity contribution >= 4 is 27.8 Å². The number of aryl methyl sites for hydroxylation is 1. The highest BCUT2D eigenvalue weighted by Crippen LogP contribution is 2.29. The first-order chi connectivity index (χ1) is 16.9. The molecule has 4 aromatic rings. The maximum absolute atomic E-state index is 13.8. The number of carbonyl (C=O) groups excluding carboxylic acids is 1. The van der Waals surface area contributed by atoms with Gasteiger partial charge in [-0.15, -0.1) is 0 Å². The van der Waals surface area contributed by atoms with E-state index in [4.69, 9.17) is 0 Å². The molecule has 0 saturated heterocycles. The standard InChI is InChI=1S/C27H24N4O3S/c1-21-14-16-24(17-15-21)35(33,34)31(20-22-9-3-2-4-10-22)26-13-6-5-12-25(26)27(32)30-29-19-23-11-7-8-18-28-23/h2-19H,20H2,1H3,(H,30,32)/b29-19-. The Kier molecular flexibility index (Phi) is 7.32. The summed E-state index contributed by atoms with van der Waals surface area (Å²) in [4.78, 5) is 17.3. The van der Waals surface area contributed by atoms with E-state index in [1.54, 1.807) is 66.9 Å². The molecule has 1 N–H and O–H groups in total. The number of benzene rings is 3. The molecule has 35 heavy (non-hydrogen) atoms. The molecule has 0 aliphatic rings. The van der Waals surface area contributed by atoms with E-state index >= 15 is 0 Å². The molecule has 7 nitrogen and oxygen atoms in total. The normalized spacial score (nSPS) is 11.3. The first-order valence-corrected chi connectivity index (χ1v) is 12.4. The summed E-state index contributed by atoms with van der Waals surface area (Å²) in [6, 6.07) is 27.8. The highest BCUT2D eigenvalue weighted by atomic mass is 32.2. The first kappa shape index (κ1) is 23.8. The number of hydrazone groups is 1. The Morgan fingerprint density at radius 3 is 2.31 bits per heavy atom. The molecule has 0 unspecified atom stereocenters. The number of nitrogens with one attached hydrogen (secondary N) is 1. The third-order valence-corrected chi connectivity index (χ3v) is 7.02. The SMILES string of the molecule is Cc1ccc(S(=O)(=O)N(Cc2ccccc2)c2ccccc2C(=O)N/N=C\c2ccccn2)cc1. The van der Waals surface area contributed by atoms with Crippen molar-refractivity contribution in [1.82, 2.24) is 10.4 Å². The summed E-state index contributed by atoms with van der Waals surface area (Å²) >= 11 is 0. The van der Waals surface area contributed by atoms with Gasteiger partial charge in [0.05, 0.1) is 34.6 Å². The number of para-hydroxylation sites is 1. The lowest BCUT2D eigenvalue weighted by atomic mass is 10.1. The average molecular weight is 485 g/mol. The lowest BCUT2D eigenvalue weighted by molar-refractivity contribution is 0.0955. The molecular formula is C27H24N4O3S. The Balaban J connectivity index is 1.71. The van der Waals surface area contributed by atoms with Crippen LogP contribution in [0.25, 0.3) is 0 Å². The number of amides is 1. The van der Waals surface area contributed by atoms with E-state index in [1.807, 2.05) is 43.3 Å². The van der Waals surface area contributed by atoms with Crippen molar-refractivity contribution in [3.05, 3.63) is 126 Å². The summed E-state index contributed by atoms with van der Waals surface area (Å²) in [6.45, 7) is 1.95. The number of hydrogen-bond acceptors (Lipinski definition) is 5. The fourth-order valence-electron chi connectivity index (χ4n) is 3.44. The Labute approximate surface area is 204 Å². The number of aromatic nitrogens is 1. The summed E-state index contributed by atoms with van der Waals surface area (Å²) in [5.41, 5.74) is 5.21. The smallest absolute Gasteiger partial charge is 0.267 e. The van der Waals surface area contributed by atoms with Crippen molar-refractivity contribution in [3.8, 4) is 0 Å². The van der Waals surface area contributed by atoms with Gasteiger partial charge in [0.25, 0.3) is 15.9 Å². The molecular weight excluding hydrogens is 460 g/mol. The molecule has 0 atom stereocenters. The van der Waals surface area contributed by atoms with Gasteiger partial charge in [0.15, 0.2) is 0 Å². The summed E-state index contributed by atoms with van der Waals surface area (Å²) in [6.07, 6.45) is 3.04. The highest BCUT2D eigenvalue weighted by molar-refractivity contribution is 7.92. The van der Waals surface area contributed by atoms with Gasteiger partial charge >= 0.3 is 0 Å². The van der Waals surface area contributed by atoms with Crippen LogP contribution < -0.4 is 9.73 Å². The van der Waals surface area contributed by atoms with Crippen molar-refractivity contribution in [2.45, 2.75) is 18.4 Å². The largest absolute Gasteiger partial charge is 0.273 e. The second-order valence-corrected chi connectivity index (χ2v) is 9.64. The van der Waals surface area contributed by atoms with Crippen molar-refractivity contribution in [3.63, 3.8) is 0 Å². The topological polar surface area (TPSA) is 91.7 Å². The lowest BCUT2D eigenvalue weighted by Gasteiger charge is -2.26. The summed E-state index contributed by atoms with van der Waals surface area (Å²) in [7, 11) is -3.98. The van der Waals surface area contributed by atoms with Gasteiger partial charge in [-0.2, -0.15) is 5.10 Å². The van der Waals surface area contributed by atoms with Gasteiger partial charge in [-0.3, -0.25) is 14.1 Å². The van der Waals surface area contributed by atoms with Crippen LogP contribution in [-0.2, 0) is 16.6 Å². The van der Waals surface area contributed by atoms with E-state index in [-0.39, 0.29) is 22.7 Å². The number of anilines is 1. The van der Waals surface area contributed by atoms with Gasteiger partial charge in [0.1, 0.15) is 0 Å². The number of hydrogen-bond donors (Lipinski definition) is 1. The van der Waals surface area contributed by atoms with Crippen molar-refractivity contribution in [1.29, 1.82) is 0 Å². The van der Waals surface area contributed by atoms with E-state index in [1.165, 1.54) is 10.5 Å². The predicted molar refractivity (Wildman–Crippen MR) is 137 cm³/mol. The van der Waals surface area contributed by atoms with Gasteiger partial charge in [0, 0.05) is 6.20 Å². The average Bonchev–Trinajstić information content (AvgIpc) is 2.88. The van der Waals surface area contributed by atoms with Gasteiger partial charge in [-0.1, -0.05) is 66.2 Å². The molecule has 0 fully saturated rings. The van der Waals surface area contributed by atoms with Crippen molar-refractivity contribution < 1.29 is 13.2 Å². The molecule has 0 aliphatic heterocycles. The zero-order valence-electron chi connectivity index (χ0n) is 19.1. The molecule has 176 valence electrons. The van der Waals surface area contributed by atoms with E-state index in [0.717, 1.165) is 11.1 Å². The van der Waals surface area contributed by atoms with Crippen molar-refractivity contribution in [2.24, 2.45) is 5.10 Å². The van der Waals surface area contributed by atoms with Gasteiger partial charge in [0.2, 0.25) is 0 Å². The quantitative estimate of drug-likeness (QED) is 0.293. The van der Waals surface area contributed by atoms with Crippen LogP contribution in [0.2, 0.25) is 0 Å². The van der Waals surface area contributed by atoms with E-state index in [0.29, 0.717) is 5.69 Å². The predicted octanol–water partition coefficient (Wildman–Crippen LogP) is 4.55. The third-order valence-electron chi connectivity index (χ3n) is 5.25. The Morgan fingerprint density at radius 2 is 1.60 bits per heavy atom. The Hall–Kier alpha value is -4.30. The van der Waals surface area contributed by atoms with Crippen LogP contribution in [0.4, 0.5) is 5.69 Å². The number of sulfonamides is 1. The second kappa shape index (κ2) is 10.8. The third kappa shape index (κ3) is 5.80. The number of nitrogens with zero attached hydrogens (tertiary/aromatic N) is 3. The zero-order valence-corrected chi connectivity index (χ0v) is 19.9. The molecule has 0 bridgehead atoms. The number of carbonyl (C=O) groups is 1. The Morgan fingerprint density at radius 1 is 0.914 bits per heavy atom. The number of pyridine rings is 1. The molecule has 1 heterocycles.